The van der Waals surface area contributed by atoms with Crippen LogP contribution in [0.1, 0.15) is 23.6 Å². The van der Waals surface area contributed by atoms with Gasteiger partial charge in [-0.15, -0.1) is 0 Å². The van der Waals surface area contributed by atoms with Gasteiger partial charge in [0.1, 0.15) is 12.6 Å². The molecular weight excluding hydrogens is 590 g/mol. The molecule has 0 radical (unpaired) electrons. The fraction of sp³-hybridized carbons (Fsp3) is 0.286. The van der Waals surface area contributed by atoms with Crippen molar-refractivity contribution < 1.29 is 18.0 Å². The van der Waals surface area contributed by atoms with Gasteiger partial charge in [-0.05, 0) is 54.8 Å². The number of likely N-dealkylation sites (N-methyl/N-ethyl adjacent to an activating group) is 1. The third-order valence-electron chi connectivity index (χ3n) is 5.98. The number of hydrogen-bond donors (Lipinski definition) is 1. The summed E-state index contributed by atoms with van der Waals surface area (Å²) < 4.78 is 27.6. The Bertz CT molecular complexity index is 1390. The van der Waals surface area contributed by atoms with E-state index in [9.17, 15) is 18.0 Å². The van der Waals surface area contributed by atoms with E-state index in [1.165, 1.54) is 11.0 Å². The van der Waals surface area contributed by atoms with Crippen molar-refractivity contribution in [3.05, 3.63) is 99.0 Å². The average molecular weight is 621 g/mol. The van der Waals surface area contributed by atoms with Crippen LogP contribution in [0.25, 0.3) is 0 Å². The van der Waals surface area contributed by atoms with Crippen molar-refractivity contribution in [2.24, 2.45) is 0 Å². The van der Waals surface area contributed by atoms with Crippen molar-refractivity contribution in [2.45, 2.75) is 32.9 Å². The van der Waals surface area contributed by atoms with Crippen molar-refractivity contribution in [2.75, 3.05) is 23.7 Å². The molecule has 0 aliphatic rings. The molecule has 2 amide bonds. The molecule has 1 N–H and O–H groups in total. The molecular formula is C28H31BrClN3O4S. The summed E-state index contributed by atoms with van der Waals surface area (Å²) in [6.45, 7) is 3.57. The molecule has 0 aliphatic carbocycles. The maximum absolute atomic E-state index is 14.0. The van der Waals surface area contributed by atoms with Gasteiger partial charge in [0.2, 0.25) is 21.8 Å². The molecule has 0 bridgehead atoms. The normalized spacial score (nSPS) is 12.0. The Labute approximate surface area is 238 Å². The van der Waals surface area contributed by atoms with Gasteiger partial charge < -0.3 is 10.2 Å². The lowest BCUT2D eigenvalue weighted by molar-refractivity contribution is -0.140. The summed E-state index contributed by atoms with van der Waals surface area (Å²) in [6.07, 6.45) is 1.31. The number of rotatable bonds is 11. The zero-order valence-corrected chi connectivity index (χ0v) is 24.7. The maximum Gasteiger partial charge on any atom is 0.244 e. The van der Waals surface area contributed by atoms with Gasteiger partial charge in [0.15, 0.2) is 0 Å². The number of anilines is 1. The number of nitrogens with one attached hydrogen (secondary N) is 1. The molecule has 0 saturated heterocycles. The van der Waals surface area contributed by atoms with Crippen LogP contribution in [0, 0.1) is 6.92 Å². The van der Waals surface area contributed by atoms with E-state index in [-0.39, 0.29) is 18.9 Å². The van der Waals surface area contributed by atoms with E-state index >= 15 is 0 Å². The van der Waals surface area contributed by atoms with E-state index in [2.05, 4.69) is 21.2 Å². The first-order chi connectivity index (χ1) is 18.0. The number of halogens is 2. The first-order valence-electron chi connectivity index (χ1n) is 12.1. The molecule has 0 fully saturated rings. The summed E-state index contributed by atoms with van der Waals surface area (Å²) in [6, 6.07) is 20.9. The Hall–Kier alpha value is -2.88. The molecule has 3 rings (SSSR count). The van der Waals surface area contributed by atoms with Crippen LogP contribution in [0.2, 0.25) is 5.02 Å². The molecule has 1 unspecified atom stereocenters. The van der Waals surface area contributed by atoms with Gasteiger partial charge >= 0.3 is 0 Å². The highest BCUT2D eigenvalue weighted by molar-refractivity contribution is 9.10. The van der Waals surface area contributed by atoms with Crippen molar-refractivity contribution >= 4 is 55.1 Å². The van der Waals surface area contributed by atoms with Crippen LogP contribution in [0.4, 0.5) is 5.69 Å². The van der Waals surface area contributed by atoms with Crippen LogP contribution >= 0.6 is 27.5 Å². The molecule has 7 nitrogen and oxygen atoms in total. The SMILES string of the molecule is CCNC(=O)C(Cc1ccccc1)N(Cc1cccc(Br)c1)C(=O)CN(c1cc(Cl)ccc1C)S(C)(=O)=O. The van der Waals surface area contributed by atoms with E-state index < -0.39 is 28.5 Å². The number of hydrogen-bond acceptors (Lipinski definition) is 4. The Balaban J connectivity index is 2.07. The van der Waals surface area contributed by atoms with Gasteiger partial charge in [0.05, 0.1) is 11.9 Å². The molecule has 0 saturated carbocycles. The lowest BCUT2D eigenvalue weighted by Crippen LogP contribution is -2.53. The summed E-state index contributed by atoms with van der Waals surface area (Å²) in [5.74, 6) is -0.827. The number of aryl methyl sites for hydroxylation is 1. The van der Waals surface area contributed by atoms with Gasteiger partial charge in [-0.3, -0.25) is 13.9 Å². The van der Waals surface area contributed by atoms with Gasteiger partial charge in [-0.2, -0.15) is 0 Å². The van der Waals surface area contributed by atoms with Crippen molar-refractivity contribution in [1.82, 2.24) is 10.2 Å². The summed E-state index contributed by atoms with van der Waals surface area (Å²) in [7, 11) is -3.86. The highest BCUT2D eigenvalue weighted by Gasteiger charge is 2.33. The smallest absolute Gasteiger partial charge is 0.244 e. The summed E-state index contributed by atoms with van der Waals surface area (Å²) in [5.41, 5.74) is 2.63. The van der Waals surface area contributed by atoms with Crippen LogP contribution in [0.5, 0.6) is 0 Å². The second-order valence-electron chi connectivity index (χ2n) is 8.95. The molecule has 0 aromatic heterocycles. The third-order valence-corrected chi connectivity index (χ3v) is 7.84. The van der Waals surface area contributed by atoms with E-state index in [4.69, 9.17) is 11.6 Å². The quantitative estimate of drug-likeness (QED) is 0.329. The minimum Gasteiger partial charge on any atom is -0.355 e. The van der Waals surface area contributed by atoms with E-state index in [1.54, 1.807) is 19.1 Å². The van der Waals surface area contributed by atoms with Gasteiger partial charge in [-0.1, -0.05) is 76.1 Å². The molecule has 0 heterocycles. The predicted octanol–water partition coefficient (Wildman–Crippen LogP) is 4.95. The second kappa shape index (κ2) is 13.3. The number of amides is 2. The van der Waals surface area contributed by atoms with E-state index in [1.807, 2.05) is 61.5 Å². The Morgan fingerprint density at radius 2 is 1.68 bits per heavy atom. The molecule has 3 aromatic carbocycles. The van der Waals surface area contributed by atoms with Gasteiger partial charge in [0, 0.05) is 29.0 Å². The van der Waals surface area contributed by atoms with Crippen LogP contribution in [0.3, 0.4) is 0 Å². The van der Waals surface area contributed by atoms with Crippen LogP contribution < -0.4 is 9.62 Å². The Kier molecular flexibility index (Phi) is 10.4. The summed E-state index contributed by atoms with van der Waals surface area (Å²) in [4.78, 5) is 28.8. The minimum absolute atomic E-state index is 0.110. The van der Waals surface area contributed by atoms with Gasteiger partial charge in [-0.25, -0.2) is 8.42 Å². The van der Waals surface area contributed by atoms with E-state index in [0.717, 1.165) is 26.2 Å². The molecule has 0 spiro atoms. The van der Waals surface area contributed by atoms with Crippen molar-refractivity contribution in [1.29, 1.82) is 0 Å². The highest BCUT2D eigenvalue weighted by Crippen LogP contribution is 2.27. The molecule has 3 aromatic rings. The second-order valence-corrected chi connectivity index (χ2v) is 12.2. The summed E-state index contributed by atoms with van der Waals surface area (Å²) in [5, 5.41) is 3.19. The van der Waals surface area contributed by atoms with Gasteiger partial charge in [0.25, 0.3) is 0 Å². The molecule has 38 heavy (non-hydrogen) atoms. The van der Waals surface area contributed by atoms with Crippen LogP contribution in [-0.4, -0.2) is 50.5 Å². The Morgan fingerprint density at radius 1 is 1.00 bits per heavy atom. The number of sulfonamides is 1. The largest absolute Gasteiger partial charge is 0.355 e. The highest BCUT2D eigenvalue weighted by atomic mass is 79.9. The predicted molar refractivity (Wildman–Crippen MR) is 156 cm³/mol. The lowest BCUT2D eigenvalue weighted by Gasteiger charge is -2.33. The number of nitrogens with zero attached hydrogens (tertiary/aromatic N) is 2. The van der Waals surface area contributed by atoms with Crippen molar-refractivity contribution in [3.63, 3.8) is 0 Å². The number of carbonyl (C=O) groups is 2. The maximum atomic E-state index is 14.0. The first-order valence-corrected chi connectivity index (χ1v) is 15.1. The van der Waals surface area contributed by atoms with E-state index in [0.29, 0.717) is 22.8 Å². The Morgan fingerprint density at radius 3 is 2.32 bits per heavy atom. The number of benzene rings is 3. The van der Waals surface area contributed by atoms with Crippen LogP contribution in [0.15, 0.2) is 77.3 Å². The zero-order valence-electron chi connectivity index (χ0n) is 21.5. The molecule has 10 heteroatoms. The average Bonchev–Trinajstić information content (AvgIpc) is 2.86. The molecule has 202 valence electrons. The fourth-order valence-corrected chi connectivity index (χ4v) is 5.64. The fourth-order valence-electron chi connectivity index (χ4n) is 4.12. The van der Waals surface area contributed by atoms with Crippen molar-refractivity contribution in [3.8, 4) is 0 Å². The molecule has 0 aliphatic heterocycles. The van der Waals surface area contributed by atoms with Crippen LogP contribution in [-0.2, 0) is 32.6 Å². The third kappa shape index (κ3) is 8.06. The monoisotopic (exact) mass is 619 g/mol. The first kappa shape index (κ1) is 29.7. The number of carbonyl (C=O) groups excluding carboxylic acids is 2. The summed E-state index contributed by atoms with van der Waals surface area (Å²) >= 11 is 9.64. The standard InChI is InChI=1S/C28H31BrClN3O4S/c1-4-31-28(35)26(16-21-9-6-5-7-10-21)32(18-22-11-8-12-23(29)15-22)27(34)19-33(38(3,36)37)25-17-24(30)14-13-20(25)2/h5-15,17,26H,4,16,18-19H2,1-3H3,(H,31,35). The zero-order chi connectivity index (χ0) is 27.9. The minimum atomic E-state index is -3.86. The lowest BCUT2D eigenvalue weighted by atomic mass is 10.0. The molecule has 1 atom stereocenters. The topological polar surface area (TPSA) is 86.8 Å².